The van der Waals surface area contributed by atoms with E-state index in [9.17, 15) is 5.11 Å². The molecule has 0 heterocycles. The Bertz CT molecular complexity index is 225. The van der Waals surface area contributed by atoms with Crippen LogP contribution in [0.4, 0.5) is 0 Å². The van der Waals surface area contributed by atoms with Gasteiger partial charge in [-0.1, -0.05) is 51.9 Å². The van der Waals surface area contributed by atoms with Gasteiger partial charge in [-0.15, -0.1) is 0 Å². The highest BCUT2D eigenvalue weighted by Gasteiger charge is 2.22. The lowest BCUT2D eigenvalue weighted by Crippen LogP contribution is -2.34. The van der Waals surface area contributed by atoms with Crippen molar-refractivity contribution in [2.75, 3.05) is 13.1 Å². The average Bonchev–Trinajstić information content (AvgIpc) is 2.84. The van der Waals surface area contributed by atoms with Gasteiger partial charge in [0, 0.05) is 6.54 Å². The van der Waals surface area contributed by atoms with Gasteiger partial charge < -0.3 is 10.4 Å². The van der Waals surface area contributed by atoms with Crippen LogP contribution >= 0.6 is 0 Å². The van der Waals surface area contributed by atoms with Gasteiger partial charge in [0.15, 0.2) is 0 Å². The largest absolute Gasteiger partial charge is 0.392 e. The number of hydrogen-bond acceptors (Lipinski definition) is 2. The van der Waals surface area contributed by atoms with Crippen molar-refractivity contribution in [1.82, 2.24) is 5.32 Å². The molecule has 2 heteroatoms. The Morgan fingerprint density at radius 1 is 1.06 bits per heavy atom. The van der Waals surface area contributed by atoms with Crippen LogP contribution in [0.5, 0.6) is 0 Å². The summed E-state index contributed by atoms with van der Waals surface area (Å²) in [7, 11) is 0. The Labute approximate surface area is 113 Å². The fraction of sp³-hybridized carbons (Fsp3) is 1.00. The van der Waals surface area contributed by atoms with E-state index in [0.717, 1.165) is 37.3 Å². The molecule has 0 spiro atoms. The first-order chi connectivity index (χ1) is 8.75. The Hall–Kier alpha value is -0.0800. The van der Waals surface area contributed by atoms with Crippen molar-refractivity contribution in [3.63, 3.8) is 0 Å². The summed E-state index contributed by atoms with van der Waals surface area (Å²) in [5.74, 6) is 2.52. The summed E-state index contributed by atoms with van der Waals surface area (Å²) >= 11 is 0. The third-order valence-corrected chi connectivity index (χ3v) is 5.16. The molecule has 18 heavy (non-hydrogen) atoms. The molecular formula is C16H31NO. The zero-order chi connectivity index (χ0) is 12.8. The van der Waals surface area contributed by atoms with Crippen LogP contribution in [-0.4, -0.2) is 24.3 Å². The third kappa shape index (κ3) is 4.55. The first-order valence-electron chi connectivity index (χ1n) is 8.14. The minimum absolute atomic E-state index is 0.119. The fourth-order valence-electron chi connectivity index (χ4n) is 3.85. The predicted octanol–water partition coefficient (Wildman–Crippen LogP) is 3.34. The molecule has 0 radical (unpaired) electrons. The Morgan fingerprint density at radius 3 is 2.44 bits per heavy atom. The molecule has 0 saturated heterocycles. The summed E-state index contributed by atoms with van der Waals surface area (Å²) in [5.41, 5.74) is 0. The summed E-state index contributed by atoms with van der Waals surface area (Å²) in [6.07, 6.45) is 12.0. The summed E-state index contributed by atoms with van der Waals surface area (Å²) in [4.78, 5) is 0. The molecular weight excluding hydrogens is 222 g/mol. The lowest BCUT2D eigenvalue weighted by atomic mass is 9.80. The molecule has 2 aliphatic carbocycles. The van der Waals surface area contributed by atoms with Crippen LogP contribution in [0.3, 0.4) is 0 Å². The molecule has 0 bridgehead atoms. The first-order valence-corrected chi connectivity index (χ1v) is 8.14. The van der Waals surface area contributed by atoms with Crippen molar-refractivity contribution in [3.05, 3.63) is 0 Å². The van der Waals surface area contributed by atoms with E-state index in [0.29, 0.717) is 0 Å². The molecule has 2 fully saturated rings. The van der Waals surface area contributed by atoms with Gasteiger partial charge in [0.05, 0.1) is 6.10 Å². The minimum atomic E-state index is -0.119. The Morgan fingerprint density at radius 2 is 1.72 bits per heavy atom. The predicted molar refractivity (Wildman–Crippen MR) is 76.6 cm³/mol. The molecule has 0 aromatic rings. The van der Waals surface area contributed by atoms with Crippen molar-refractivity contribution >= 4 is 0 Å². The SMILES string of the molecule is CC1CCCCC1CNCC(O)CC1CCCC1. The Kier molecular flexibility index (Phi) is 5.97. The van der Waals surface area contributed by atoms with Gasteiger partial charge in [-0.3, -0.25) is 0 Å². The van der Waals surface area contributed by atoms with Gasteiger partial charge >= 0.3 is 0 Å². The van der Waals surface area contributed by atoms with Gasteiger partial charge in [-0.2, -0.15) is 0 Å². The molecule has 2 N–H and O–H groups in total. The summed E-state index contributed by atoms with van der Waals surface area (Å²) in [6.45, 7) is 4.31. The smallest absolute Gasteiger partial charge is 0.0667 e. The number of rotatable bonds is 6. The van der Waals surface area contributed by atoms with E-state index >= 15 is 0 Å². The highest BCUT2D eigenvalue weighted by atomic mass is 16.3. The third-order valence-electron chi connectivity index (χ3n) is 5.16. The Balaban J connectivity index is 1.56. The molecule has 3 atom stereocenters. The summed E-state index contributed by atoms with van der Waals surface area (Å²) in [5, 5.41) is 13.6. The molecule has 2 rings (SSSR count). The first kappa shape index (κ1) is 14.3. The highest BCUT2D eigenvalue weighted by molar-refractivity contribution is 4.76. The van der Waals surface area contributed by atoms with Crippen molar-refractivity contribution in [3.8, 4) is 0 Å². The zero-order valence-electron chi connectivity index (χ0n) is 12.0. The average molecular weight is 253 g/mol. The number of nitrogens with one attached hydrogen (secondary N) is 1. The maximum atomic E-state index is 10.0. The van der Waals surface area contributed by atoms with E-state index < -0.39 is 0 Å². The topological polar surface area (TPSA) is 32.3 Å². The van der Waals surface area contributed by atoms with Crippen LogP contribution in [0.15, 0.2) is 0 Å². The van der Waals surface area contributed by atoms with Gasteiger partial charge in [-0.25, -0.2) is 0 Å². The standard InChI is InChI=1S/C16H31NO/c1-13-6-2-5-9-15(13)11-17-12-16(18)10-14-7-3-4-8-14/h13-18H,2-12H2,1H3. The molecule has 0 amide bonds. The van der Waals surface area contributed by atoms with Crippen LogP contribution in [0.2, 0.25) is 0 Å². The lowest BCUT2D eigenvalue weighted by Gasteiger charge is -2.29. The fourth-order valence-corrected chi connectivity index (χ4v) is 3.85. The van der Waals surface area contributed by atoms with E-state index in [-0.39, 0.29) is 6.10 Å². The molecule has 0 aromatic heterocycles. The number of hydrogen-bond donors (Lipinski definition) is 2. The number of aliphatic hydroxyl groups excluding tert-OH is 1. The highest BCUT2D eigenvalue weighted by Crippen LogP contribution is 2.29. The van der Waals surface area contributed by atoms with Gasteiger partial charge in [-0.05, 0) is 37.1 Å². The van der Waals surface area contributed by atoms with Crippen LogP contribution < -0.4 is 5.32 Å². The second kappa shape index (κ2) is 7.49. The number of aliphatic hydroxyl groups is 1. The van der Waals surface area contributed by atoms with Crippen molar-refractivity contribution < 1.29 is 5.11 Å². The van der Waals surface area contributed by atoms with E-state index in [1.165, 1.54) is 51.4 Å². The maximum absolute atomic E-state index is 10.0. The van der Waals surface area contributed by atoms with Gasteiger partial charge in [0.2, 0.25) is 0 Å². The molecule has 0 aliphatic heterocycles. The zero-order valence-corrected chi connectivity index (χ0v) is 12.0. The molecule has 3 unspecified atom stereocenters. The minimum Gasteiger partial charge on any atom is -0.392 e. The van der Waals surface area contributed by atoms with Gasteiger partial charge in [0.1, 0.15) is 0 Å². The molecule has 106 valence electrons. The molecule has 2 saturated carbocycles. The second-order valence-corrected chi connectivity index (χ2v) is 6.72. The second-order valence-electron chi connectivity index (χ2n) is 6.72. The monoisotopic (exact) mass is 253 g/mol. The van der Waals surface area contributed by atoms with E-state index in [4.69, 9.17) is 0 Å². The summed E-state index contributed by atoms with van der Waals surface area (Å²) < 4.78 is 0. The van der Waals surface area contributed by atoms with Gasteiger partial charge in [0.25, 0.3) is 0 Å². The van der Waals surface area contributed by atoms with Crippen LogP contribution in [0.25, 0.3) is 0 Å². The molecule has 2 nitrogen and oxygen atoms in total. The van der Waals surface area contributed by atoms with Crippen LogP contribution in [0, 0.1) is 17.8 Å². The van der Waals surface area contributed by atoms with Crippen LogP contribution in [0.1, 0.15) is 64.7 Å². The lowest BCUT2D eigenvalue weighted by molar-refractivity contribution is 0.135. The molecule has 0 aromatic carbocycles. The van der Waals surface area contributed by atoms with E-state index in [1.807, 2.05) is 0 Å². The molecule has 2 aliphatic rings. The quantitative estimate of drug-likeness (QED) is 0.761. The van der Waals surface area contributed by atoms with E-state index in [2.05, 4.69) is 12.2 Å². The van der Waals surface area contributed by atoms with Crippen molar-refractivity contribution in [2.45, 2.75) is 70.8 Å². The summed E-state index contributed by atoms with van der Waals surface area (Å²) in [6, 6.07) is 0. The van der Waals surface area contributed by atoms with Crippen molar-refractivity contribution in [2.24, 2.45) is 17.8 Å². The van der Waals surface area contributed by atoms with Crippen LogP contribution in [-0.2, 0) is 0 Å². The maximum Gasteiger partial charge on any atom is 0.0667 e. The van der Waals surface area contributed by atoms with Crippen molar-refractivity contribution in [1.29, 1.82) is 0 Å². The normalized spacial score (nSPS) is 31.7. The van der Waals surface area contributed by atoms with E-state index in [1.54, 1.807) is 0 Å².